The molecule has 1 aliphatic heterocycles. The molecule has 4 rings (SSSR count). The van der Waals surface area contributed by atoms with Crippen LogP contribution in [0.1, 0.15) is 5.56 Å². The van der Waals surface area contributed by atoms with Crippen molar-refractivity contribution >= 4 is 30.6 Å². The van der Waals surface area contributed by atoms with Gasteiger partial charge in [0.15, 0.2) is 0 Å². The number of morpholine rings is 1. The molecule has 144 valence electrons. The van der Waals surface area contributed by atoms with Crippen LogP contribution >= 0.6 is 24.8 Å². The van der Waals surface area contributed by atoms with Crippen LogP contribution in [0.2, 0.25) is 0 Å². The van der Waals surface area contributed by atoms with Crippen LogP contribution in [-0.4, -0.2) is 45.7 Å². The second-order valence-corrected chi connectivity index (χ2v) is 6.15. The standard InChI is InChI=1S/C19H21N5O.2ClH/c20-18-13-16(5-6-21-18)19-22-7-8-24(19)17-3-1-15(2-4-17)14-23-9-11-25-12-10-23;;/h1-8,13H,9-12,14H2,(H2,20,21);2*1H. The number of hydrogen-bond acceptors (Lipinski definition) is 5. The molecular weight excluding hydrogens is 385 g/mol. The lowest BCUT2D eigenvalue weighted by atomic mass is 10.1. The SMILES string of the molecule is Cl.Cl.Nc1cc(-c2nccn2-c2ccc(CN3CCOCC3)cc2)ccn1. The van der Waals surface area contributed by atoms with Crippen LogP contribution < -0.4 is 5.73 Å². The lowest BCUT2D eigenvalue weighted by Gasteiger charge is -2.26. The summed E-state index contributed by atoms with van der Waals surface area (Å²) in [5.41, 5.74) is 9.14. The van der Waals surface area contributed by atoms with E-state index in [1.54, 1.807) is 12.4 Å². The Balaban J connectivity index is 0.00000131. The highest BCUT2D eigenvalue weighted by Crippen LogP contribution is 2.22. The van der Waals surface area contributed by atoms with Crippen molar-refractivity contribution in [2.75, 3.05) is 32.0 Å². The number of anilines is 1. The molecule has 0 amide bonds. The van der Waals surface area contributed by atoms with Gasteiger partial charge in [-0.05, 0) is 29.8 Å². The molecule has 8 heteroatoms. The summed E-state index contributed by atoms with van der Waals surface area (Å²) in [5.74, 6) is 1.35. The van der Waals surface area contributed by atoms with Gasteiger partial charge in [0.2, 0.25) is 0 Å². The number of aromatic nitrogens is 3. The minimum atomic E-state index is 0. The molecule has 6 nitrogen and oxygen atoms in total. The van der Waals surface area contributed by atoms with Crippen LogP contribution in [-0.2, 0) is 11.3 Å². The number of nitrogens with zero attached hydrogens (tertiary/aromatic N) is 4. The Morgan fingerprint density at radius 1 is 0.963 bits per heavy atom. The number of ether oxygens (including phenoxy) is 1. The lowest BCUT2D eigenvalue weighted by molar-refractivity contribution is 0.0342. The van der Waals surface area contributed by atoms with Gasteiger partial charge in [0, 0.05) is 49.5 Å². The van der Waals surface area contributed by atoms with E-state index in [4.69, 9.17) is 10.5 Å². The van der Waals surface area contributed by atoms with E-state index in [-0.39, 0.29) is 24.8 Å². The van der Waals surface area contributed by atoms with Crippen LogP contribution in [0, 0.1) is 0 Å². The molecule has 0 atom stereocenters. The molecular formula is C19H23Cl2N5O. The van der Waals surface area contributed by atoms with Crippen molar-refractivity contribution in [1.82, 2.24) is 19.4 Å². The largest absolute Gasteiger partial charge is 0.384 e. The monoisotopic (exact) mass is 407 g/mol. The molecule has 27 heavy (non-hydrogen) atoms. The molecule has 0 saturated carbocycles. The number of hydrogen-bond donors (Lipinski definition) is 1. The van der Waals surface area contributed by atoms with Gasteiger partial charge in [0.05, 0.1) is 13.2 Å². The van der Waals surface area contributed by atoms with E-state index in [9.17, 15) is 0 Å². The fourth-order valence-electron chi connectivity index (χ4n) is 3.09. The molecule has 0 radical (unpaired) electrons. The normalized spacial score (nSPS) is 14.2. The first kappa shape index (κ1) is 21.2. The second kappa shape index (κ2) is 9.71. The average Bonchev–Trinajstić information content (AvgIpc) is 3.13. The van der Waals surface area contributed by atoms with Gasteiger partial charge in [-0.25, -0.2) is 9.97 Å². The van der Waals surface area contributed by atoms with E-state index >= 15 is 0 Å². The zero-order chi connectivity index (χ0) is 17.1. The fourth-order valence-corrected chi connectivity index (χ4v) is 3.09. The van der Waals surface area contributed by atoms with Gasteiger partial charge in [0.25, 0.3) is 0 Å². The minimum Gasteiger partial charge on any atom is -0.384 e. The van der Waals surface area contributed by atoms with Gasteiger partial charge in [-0.1, -0.05) is 12.1 Å². The van der Waals surface area contributed by atoms with Crippen LogP contribution in [0.25, 0.3) is 17.1 Å². The van der Waals surface area contributed by atoms with Crippen molar-refractivity contribution in [3.8, 4) is 17.1 Å². The maximum Gasteiger partial charge on any atom is 0.144 e. The van der Waals surface area contributed by atoms with E-state index < -0.39 is 0 Å². The predicted octanol–water partition coefficient (Wildman–Crippen LogP) is 3.19. The van der Waals surface area contributed by atoms with E-state index in [0.29, 0.717) is 5.82 Å². The lowest BCUT2D eigenvalue weighted by Crippen LogP contribution is -2.35. The Morgan fingerprint density at radius 2 is 1.70 bits per heavy atom. The maximum absolute atomic E-state index is 5.80. The Morgan fingerprint density at radius 3 is 2.41 bits per heavy atom. The molecule has 0 unspecified atom stereocenters. The first-order valence-electron chi connectivity index (χ1n) is 8.44. The second-order valence-electron chi connectivity index (χ2n) is 6.15. The van der Waals surface area contributed by atoms with Gasteiger partial charge in [0.1, 0.15) is 11.6 Å². The zero-order valence-corrected chi connectivity index (χ0v) is 16.5. The molecule has 1 fully saturated rings. The quantitative estimate of drug-likeness (QED) is 0.718. The van der Waals surface area contributed by atoms with Crippen molar-refractivity contribution in [1.29, 1.82) is 0 Å². The summed E-state index contributed by atoms with van der Waals surface area (Å²) in [5, 5.41) is 0. The number of halogens is 2. The summed E-state index contributed by atoms with van der Waals surface area (Å²) in [7, 11) is 0. The highest BCUT2D eigenvalue weighted by molar-refractivity contribution is 5.85. The molecule has 3 aromatic rings. The Labute approximate surface area is 171 Å². The van der Waals surface area contributed by atoms with Crippen LogP contribution in [0.4, 0.5) is 5.82 Å². The van der Waals surface area contributed by atoms with Crippen LogP contribution in [0.15, 0.2) is 55.0 Å². The molecule has 1 aliphatic rings. The molecule has 3 heterocycles. The van der Waals surface area contributed by atoms with Gasteiger partial charge in [-0.2, -0.15) is 0 Å². The molecule has 0 aliphatic carbocycles. The van der Waals surface area contributed by atoms with Crippen LogP contribution in [0.3, 0.4) is 0 Å². The number of benzene rings is 1. The highest BCUT2D eigenvalue weighted by Gasteiger charge is 2.12. The first-order chi connectivity index (χ1) is 12.3. The topological polar surface area (TPSA) is 69.2 Å². The summed E-state index contributed by atoms with van der Waals surface area (Å²) in [4.78, 5) is 10.9. The third kappa shape index (κ3) is 4.99. The van der Waals surface area contributed by atoms with Crippen molar-refractivity contribution in [2.24, 2.45) is 0 Å². The summed E-state index contributed by atoms with van der Waals surface area (Å²) >= 11 is 0. The number of imidazole rings is 1. The molecule has 2 aromatic heterocycles. The smallest absolute Gasteiger partial charge is 0.144 e. The third-order valence-corrected chi connectivity index (χ3v) is 4.40. The van der Waals surface area contributed by atoms with Crippen LogP contribution in [0.5, 0.6) is 0 Å². The fraction of sp³-hybridized carbons (Fsp3) is 0.263. The number of nitrogens with two attached hydrogens (primary N) is 1. The maximum atomic E-state index is 5.80. The molecule has 0 spiro atoms. The van der Waals surface area contributed by atoms with Gasteiger partial charge < -0.3 is 10.5 Å². The molecule has 1 aromatic carbocycles. The van der Waals surface area contributed by atoms with E-state index in [1.807, 2.05) is 18.3 Å². The van der Waals surface area contributed by atoms with Gasteiger partial charge >= 0.3 is 0 Å². The summed E-state index contributed by atoms with van der Waals surface area (Å²) in [6, 6.07) is 12.4. The Bertz CT molecular complexity index is 847. The Kier molecular flexibility index (Phi) is 7.62. The van der Waals surface area contributed by atoms with Crippen molar-refractivity contribution in [2.45, 2.75) is 6.54 Å². The van der Waals surface area contributed by atoms with E-state index in [1.165, 1.54) is 5.56 Å². The molecule has 0 bridgehead atoms. The Hall–Kier alpha value is -2.12. The summed E-state index contributed by atoms with van der Waals surface area (Å²) in [6.45, 7) is 4.60. The third-order valence-electron chi connectivity index (χ3n) is 4.40. The number of pyridine rings is 1. The summed E-state index contributed by atoms with van der Waals surface area (Å²) < 4.78 is 7.47. The molecule has 1 saturated heterocycles. The van der Waals surface area contributed by atoms with Crippen molar-refractivity contribution < 1.29 is 4.74 Å². The van der Waals surface area contributed by atoms with Gasteiger partial charge in [-0.3, -0.25) is 9.47 Å². The zero-order valence-electron chi connectivity index (χ0n) is 14.8. The first-order valence-corrected chi connectivity index (χ1v) is 8.44. The predicted molar refractivity (Wildman–Crippen MR) is 112 cm³/mol. The number of rotatable bonds is 4. The van der Waals surface area contributed by atoms with E-state index in [0.717, 1.165) is 49.9 Å². The number of nitrogen functional groups attached to an aromatic ring is 1. The van der Waals surface area contributed by atoms with E-state index in [2.05, 4.69) is 43.7 Å². The minimum absolute atomic E-state index is 0. The summed E-state index contributed by atoms with van der Waals surface area (Å²) in [6.07, 6.45) is 5.46. The van der Waals surface area contributed by atoms with Crippen molar-refractivity contribution in [3.05, 3.63) is 60.6 Å². The van der Waals surface area contributed by atoms with Gasteiger partial charge in [-0.15, -0.1) is 24.8 Å². The molecule has 2 N–H and O–H groups in total. The van der Waals surface area contributed by atoms with Crippen molar-refractivity contribution in [3.63, 3.8) is 0 Å². The average molecular weight is 408 g/mol. The highest BCUT2D eigenvalue weighted by atomic mass is 35.5.